The van der Waals surface area contributed by atoms with E-state index in [1.165, 1.54) is 5.57 Å². The van der Waals surface area contributed by atoms with Crippen molar-refractivity contribution in [1.29, 1.82) is 0 Å². The Balaban J connectivity index is 2.17. The first-order chi connectivity index (χ1) is 6.72. The van der Waals surface area contributed by atoms with E-state index >= 15 is 0 Å². The molecule has 1 aliphatic rings. The monoisotopic (exact) mass is 216 g/mol. The van der Waals surface area contributed by atoms with Crippen molar-refractivity contribution in [2.45, 2.75) is 6.92 Å². The van der Waals surface area contributed by atoms with Crippen LogP contribution in [-0.2, 0) is 10.8 Å². The van der Waals surface area contributed by atoms with E-state index in [1.807, 2.05) is 0 Å². The molecule has 14 heavy (non-hydrogen) atoms. The van der Waals surface area contributed by atoms with Gasteiger partial charge in [-0.3, -0.25) is 9.11 Å². The van der Waals surface area contributed by atoms with Gasteiger partial charge < -0.3 is 5.32 Å². The van der Waals surface area contributed by atoms with Gasteiger partial charge in [0.15, 0.2) is 0 Å². The van der Waals surface area contributed by atoms with Crippen molar-refractivity contribution < 1.29 is 4.21 Å². The fourth-order valence-electron chi connectivity index (χ4n) is 1.51. The molecule has 1 N–H and O–H groups in total. The molecule has 0 bridgehead atoms. The molecule has 0 saturated carbocycles. The quantitative estimate of drug-likeness (QED) is 0.667. The molecular formula is C10H20N2OS. The Morgan fingerprint density at radius 3 is 2.71 bits per heavy atom. The molecule has 1 rings (SSSR count). The lowest BCUT2D eigenvalue weighted by molar-refractivity contribution is 0.322. The van der Waals surface area contributed by atoms with Gasteiger partial charge in [-0.25, -0.2) is 0 Å². The van der Waals surface area contributed by atoms with E-state index in [2.05, 4.69) is 23.7 Å². The molecule has 1 fully saturated rings. The standard InChI is InChI=1S/C10H20N2OS/c1-3-11-8-10(2)9-12-4-6-14(13)7-5-12/h11H,2-9H2,1H3. The second kappa shape index (κ2) is 6.32. The molecule has 82 valence electrons. The number of hydrogen-bond donors (Lipinski definition) is 1. The first kappa shape index (κ1) is 11.9. The van der Waals surface area contributed by atoms with Crippen LogP contribution in [0.2, 0.25) is 0 Å². The van der Waals surface area contributed by atoms with E-state index in [0.29, 0.717) is 0 Å². The lowest BCUT2D eigenvalue weighted by Gasteiger charge is -2.26. The zero-order valence-electron chi connectivity index (χ0n) is 8.92. The van der Waals surface area contributed by atoms with Crippen molar-refractivity contribution in [3.63, 3.8) is 0 Å². The van der Waals surface area contributed by atoms with Crippen LogP contribution in [0.5, 0.6) is 0 Å². The summed E-state index contributed by atoms with van der Waals surface area (Å²) < 4.78 is 11.1. The molecule has 0 radical (unpaired) electrons. The molecule has 0 aromatic rings. The largest absolute Gasteiger partial charge is 0.313 e. The summed E-state index contributed by atoms with van der Waals surface area (Å²) in [6, 6.07) is 0. The van der Waals surface area contributed by atoms with E-state index in [1.54, 1.807) is 0 Å². The Labute approximate surface area is 89.0 Å². The maximum Gasteiger partial charge on any atom is 0.0363 e. The van der Waals surface area contributed by atoms with E-state index in [9.17, 15) is 4.21 Å². The molecular weight excluding hydrogens is 196 g/mol. The summed E-state index contributed by atoms with van der Waals surface area (Å²) in [6.07, 6.45) is 0. The molecule has 0 spiro atoms. The zero-order chi connectivity index (χ0) is 10.4. The summed E-state index contributed by atoms with van der Waals surface area (Å²) in [5.74, 6) is 1.66. The summed E-state index contributed by atoms with van der Waals surface area (Å²) in [6.45, 7) is 10.9. The average Bonchev–Trinajstić information content (AvgIpc) is 2.18. The van der Waals surface area contributed by atoms with Gasteiger partial charge in [-0.15, -0.1) is 0 Å². The minimum atomic E-state index is -0.568. The van der Waals surface area contributed by atoms with E-state index in [4.69, 9.17) is 0 Å². The Morgan fingerprint density at radius 1 is 1.50 bits per heavy atom. The van der Waals surface area contributed by atoms with Gasteiger partial charge in [-0.2, -0.15) is 0 Å². The fourth-order valence-corrected chi connectivity index (χ4v) is 2.64. The van der Waals surface area contributed by atoms with Crippen molar-refractivity contribution in [3.05, 3.63) is 12.2 Å². The van der Waals surface area contributed by atoms with Crippen molar-refractivity contribution in [3.8, 4) is 0 Å². The molecule has 0 unspecified atom stereocenters. The Kier molecular flexibility index (Phi) is 5.37. The van der Waals surface area contributed by atoms with E-state index in [0.717, 1.165) is 44.2 Å². The average molecular weight is 216 g/mol. The van der Waals surface area contributed by atoms with Crippen LogP contribution in [0.1, 0.15) is 6.92 Å². The Bertz CT molecular complexity index is 208. The highest BCUT2D eigenvalue weighted by Crippen LogP contribution is 2.02. The number of nitrogens with one attached hydrogen (secondary N) is 1. The van der Waals surface area contributed by atoms with Crippen molar-refractivity contribution in [2.75, 3.05) is 44.2 Å². The zero-order valence-corrected chi connectivity index (χ0v) is 9.74. The second-order valence-corrected chi connectivity index (χ2v) is 5.35. The Morgan fingerprint density at radius 2 is 2.14 bits per heavy atom. The van der Waals surface area contributed by atoms with E-state index in [-0.39, 0.29) is 0 Å². The molecule has 1 aliphatic heterocycles. The summed E-state index contributed by atoms with van der Waals surface area (Å²) in [5.41, 5.74) is 1.22. The van der Waals surface area contributed by atoms with Gasteiger partial charge in [-0.1, -0.05) is 13.5 Å². The predicted molar refractivity (Wildman–Crippen MR) is 62.0 cm³/mol. The number of likely N-dealkylation sites (N-methyl/N-ethyl adjacent to an activating group) is 1. The normalized spacial score (nSPS) is 19.8. The summed E-state index contributed by atoms with van der Waals surface area (Å²) in [5, 5.41) is 3.26. The van der Waals surface area contributed by atoms with Crippen LogP contribution in [0.15, 0.2) is 12.2 Å². The molecule has 0 amide bonds. The van der Waals surface area contributed by atoms with Crippen molar-refractivity contribution >= 4 is 10.8 Å². The number of rotatable bonds is 5. The van der Waals surface area contributed by atoms with Crippen molar-refractivity contribution in [2.24, 2.45) is 0 Å². The number of hydrogen-bond acceptors (Lipinski definition) is 3. The van der Waals surface area contributed by atoms with Gasteiger partial charge in [0, 0.05) is 48.5 Å². The molecule has 4 heteroatoms. The van der Waals surface area contributed by atoms with Gasteiger partial charge in [0.25, 0.3) is 0 Å². The van der Waals surface area contributed by atoms with E-state index < -0.39 is 10.8 Å². The highest BCUT2D eigenvalue weighted by Gasteiger charge is 2.14. The van der Waals surface area contributed by atoms with Crippen LogP contribution in [0.3, 0.4) is 0 Å². The molecule has 0 aromatic heterocycles. The molecule has 0 atom stereocenters. The van der Waals surface area contributed by atoms with Gasteiger partial charge in [0.05, 0.1) is 0 Å². The van der Waals surface area contributed by atoms with Crippen LogP contribution in [0.25, 0.3) is 0 Å². The minimum absolute atomic E-state index is 0.568. The van der Waals surface area contributed by atoms with Gasteiger partial charge in [-0.05, 0) is 12.1 Å². The topological polar surface area (TPSA) is 32.3 Å². The smallest absolute Gasteiger partial charge is 0.0363 e. The maximum atomic E-state index is 11.1. The molecule has 0 aliphatic carbocycles. The third-order valence-corrected chi connectivity index (χ3v) is 3.62. The first-order valence-electron chi connectivity index (χ1n) is 5.17. The first-order valence-corrected chi connectivity index (χ1v) is 6.66. The second-order valence-electron chi connectivity index (χ2n) is 3.65. The summed E-state index contributed by atoms with van der Waals surface area (Å²) in [7, 11) is -0.568. The van der Waals surface area contributed by atoms with Gasteiger partial charge >= 0.3 is 0 Å². The third kappa shape index (κ3) is 4.35. The maximum absolute atomic E-state index is 11.1. The fraction of sp³-hybridized carbons (Fsp3) is 0.800. The predicted octanol–water partition coefficient (Wildman–Crippen LogP) is 0.216. The highest BCUT2D eigenvalue weighted by molar-refractivity contribution is 7.85. The van der Waals surface area contributed by atoms with Crippen LogP contribution >= 0.6 is 0 Å². The molecule has 3 nitrogen and oxygen atoms in total. The summed E-state index contributed by atoms with van der Waals surface area (Å²) in [4.78, 5) is 2.33. The molecule has 1 saturated heterocycles. The lowest BCUT2D eigenvalue weighted by Crippen LogP contribution is -2.39. The SMILES string of the molecule is C=C(CNCC)CN1CCS(=O)CC1. The van der Waals surface area contributed by atoms with Gasteiger partial charge in [0.1, 0.15) is 0 Å². The van der Waals surface area contributed by atoms with Crippen molar-refractivity contribution in [1.82, 2.24) is 10.2 Å². The molecule has 1 heterocycles. The third-order valence-electron chi connectivity index (χ3n) is 2.34. The minimum Gasteiger partial charge on any atom is -0.313 e. The van der Waals surface area contributed by atoms with Gasteiger partial charge in [0.2, 0.25) is 0 Å². The van der Waals surface area contributed by atoms with Crippen LogP contribution in [-0.4, -0.2) is 53.3 Å². The highest BCUT2D eigenvalue weighted by atomic mass is 32.2. The van der Waals surface area contributed by atoms with Crippen LogP contribution < -0.4 is 5.32 Å². The lowest BCUT2D eigenvalue weighted by atomic mass is 10.2. The van der Waals surface area contributed by atoms with Crippen LogP contribution in [0, 0.1) is 0 Å². The summed E-state index contributed by atoms with van der Waals surface area (Å²) >= 11 is 0. The number of nitrogens with zero attached hydrogens (tertiary/aromatic N) is 1. The molecule has 0 aromatic carbocycles. The Hall–Kier alpha value is -0.190. The van der Waals surface area contributed by atoms with Crippen LogP contribution in [0.4, 0.5) is 0 Å².